The lowest BCUT2D eigenvalue weighted by Crippen LogP contribution is -1.87. The van der Waals surface area contributed by atoms with Crippen molar-refractivity contribution in [3.8, 4) is 11.8 Å². The van der Waals surface area contributed by atoms with Crippen LogP contribution in [-0.4, -0.2) is 21.9 Å². The number of aliphatic hydroxyl groups is 1. The highest BCUT2D eigenvalue weighted by Crippen LogP contribution is 2.22. The quantitative estimate of drug-likeness (QED) is 0.693. The number of rotatable bonds is 4. The van der Waals surface area contributed by atoms with E-state index < -0.39 is 0 Å². The summed E-state index contributed by atoms with van der Waals surface area (Å²) in [4.78, 5) is 0. The molecule has 0 saturated heterocycles. The minimum absolute atomic E-state index is 0.00153. The highest BCUT2D eigenvalue weighted by molar-refractivity contribution is 7.98. The molecule has 0 amide bonds. The number of aryl methyl sites for hydroxylation is 1. The molecule has 0 spiro atoms. The molecule has 0 saturated carbocycles. The summed E-state index contributed by atoms with van der Waals surface area (Å²) in [5.41, 5.74) is 1.38. The Morgan fingerprint density at radius 3 is 2.90 bits per heavy atom. The summed E-state index contributed by atoms with van der Waals surface area (Å²) in [7, 11) is 0. The lowest BCUT2D eigenvalue weighted by molar-refractivity contribution is 0.305. The summed E-state index contributed by atoms with van der Waals surface area (Å²) >= 11 is 1.34. The van der Waals surface area contributed by atoms with Crippen LogP contribution >= 0.6 is 11.8 Å². The van der Waals surface area contributed by atoms with Gasteiger partial charge in [-0.1, -0.05) is 23.6 Å². The van der Waals surface area contributed by atoms with E-state index in [9.17, 15) is 4.39 Å². The molecule has 2 rings (SSSR count). The monoisotopic (exact) mass is 292 g/mol. The van der Waals surface area contributed by atoms with Gasteiger partial charge < -0.3 is 9.52 Å². The van der Waals surface area contributed by atoms with Crippen molar-refractivity contribution in [2.45, 2.75) is 24.3 Å². The van der Waals surface area contributed by atoms with Crippen LogP contribution in [0.5, 0.6) is 0 Å². The Kier molecular flexibility index (Phi) is 5.16. The first-order valence-corrected chi connectivity index (χ1v) is 6.98. The summed E-state index contributed by atoms with van der Waals surface area (Å²) in [6.07, 6.45) is 0.377. The standard InChI is InChI=1S/C14H13FN2O2S/c1-10-16-17-14(19-10)20-9-12-6-11(4-2-3-5-18)7-13(15)8-12/h6-8,18H,3,5,9H2,1H3. The lowest BCUT2D eigenvalue weighted by atomic mass is 10.1. The summed E-state index contributed by atoms with van der Waals surface area (Å²) in [6.45, 7) is 1.72. The van der Waals surface area contributed by atoms with Crippen molar-refractivity contribution in [2.24, 2.45) is 0 Å². The zero-order chi connectivity index (χ0) is 14.4. The van der Waals surface area contributed by atoms with E-state index in [1.807, 2.05) is 6.07 Å². The SMILES string of the molecule is Cc1nnc(SCc2cc(F)cc(C#CCCO)c2)o1. The zero-order valence-corrected chi connectivity index (χ0v) is 11.7. The Labute approximate surface area is 120 Å². The van der Waals surface area contributed by atoms with E-state index in [-0.39, 0.29) is 12.4 Å². The molecule has 104 valence electrons. The molecule has 6 heteroatoms. The fraction of sp³-hybridized carbons (Fsp3) is 0.286. The van der Waals surface area contributed by atoms with Gasteiger partial charge in [0, 0.05) is 24.7 Å². The predicted molar refractivity (Wildman–Crippen MR) is 73.6 cm³/mol. The van der Waals surface area contributed by atoms with Gasteiger partial charge in [-0.05, 0) is 23.8 Å². The molecule has 20 heavy (non-hydrogen) atoms. The lowest BCUT2D eigenvalue weighted by Gasteiger charge is -2.00. The number of hydrogen-bond donors (Lipinski definition) is 1. The zero-order valence-electron chi connectivity index (χ0n) is 10.9. The fourth-order valence-corrected chi connectivity index (χ4v) is 2.24. The van der Waals surface area contributed by atoms with Crippen molar-refractivity contribution in [1.29, 1.82) is 0 Å². The molecule has 0 aliphatic carbocycles. The van der Waals surface area contributed by atoms with Crippen molar-refractivity contribution >= 4 is 11.8 Å². The normalized spacial score (nSPS) is 10.2. The number of benzene rings is 1. The van der Waals surface area contributed by atoms with Gasteiger partial charge in [0.25, 0.3) is 5.22 Å². The molecular formula is C14H13FN2O2S. The molecule has 1 aromatic carbocycles. The fourth-order valence-electron chi connectivity index (χ4n) is 1.51. The van der Waals surface area contributed by atoms with Crippen molar-refractivity contribution < 1.29 is 13.9 Å². The van der Waals surface area contributed by atoms with E-state index >= 15 is 0 Å². The molecule has 0 aliphatic rings. The molecule has 0 radical (unpaired) electrons. The molecule has 2 aromatic rings. The van der Waals surface area contributed by atoms with Gasteiger partial charge in [0.15, 0.2) is 0 Å². The van der Waals surface area contributed by atoms with Crippen molar-refractivity contribution in [3.05, 3.63) is 41.0 Å². The average Bonchev–Trinajstić information content (AvgIpc) is 2.82. The van der Waals surface area contributed by atoms with Gasteiger partial charge in [-0.15, -0.1) is 10.2 Å². The molecule has 4 nitrogen and oxygen atoms in total. The second kappa shape index (κ2) is 7.08. The minimum Gasteiger partial charge on any atom is -0.416 e. The van der Waals surface area contributed by atoms with E-state index in [2.05, 4.69) is 22.0 Å². The van der Waals surface area contributed by atoms with Gasteiger partial charge in [0.2, 0.25) is 5.89 Å². The highest BCUT2D eigenvalue weighted by Gasteiger charge is 2.05. The predicted octanol–water partition coefficient (Wildman–Crippen LogP) is 2.54. The summed E-state index contributed by atoms with van der Waals surface area (Å²) in [5.74, 6) is 6.28. The van der Waals surface area contributed by atoms with Crippen LogP contribution in [0.1, 0.15) is 23.4 Å². The van der Waals surface area contributed by atoms with Crippen molar-refractivity contribution in [3.63, 3.8) is 0 Å². The summed E-state index contributed by atoms with van der Waals surface area (Å²) in [6, 6.07) is 4.63. The number of thioether (sulfide) groups is 1. The van der Waals surface area contributed by atoms with Crippen LogP contribution in [0.15, 0.2) is 27.8 Å². The van der Waals surface area contributed by atoms with Gasteiger partial charge in [-0.25, -0.2) is 4.39 Å². The van der Waals surface area contributed by atoms with E-state index in [4.69, 9.17) is 9.52 Å². The maximum Gasteiger partial charge on any atom is 0.276 e. The third-order valence-corrected chi connectivity index (χ3v) is 3.19. The van der Waals surface area contributed by atoms with Crippen LogP contribution in [0.2, 0.25) is 0 Å². The van der Waals surface area contributed by atoms with Crippen LogP contribution in [0.25, 0.3) is 0 Å². The van der Waals surface area contributed by atoms with E-state index in [1.54, 1.807) is 6.92 Å². The second-order valence-electron chi connectivity index (χ2n) is 4.00. The largest absolute Gasteiger partial charge is 0.416 e. The van der Waals surface area contributed by atoms with Crippen LogP contribution < -0.4 is 0 Å². The molecule has 1 N–H and O–H groups in total. The van der Waals surface area contributed by atoms with Gasteiger partial charge in [-0.3, -0.25) is 0 Å². The first-order valence-electron chi connectivity index (χ1n) is 5.99. The number of aromatic nitrogens is 2. The van der Waals surface area contributed by atoms with Gasteiger partial charge in [0.1, 0.15) is 5.82 Å². The van der Waals surface area contributed by atoms with Crippen LogP contribution in [0.3, 0.4) is 0 Å². The minimum atomic E-state index is -0.335. The molecule has 0 unspecified atom stereocenters. The molecule has 0 aliphatic heterocycles. The Morgan fingerprint density at radius 1 is 1.35 bits per heavy atom. The van der Waals surface area contributed by atoms with Gasteiger partial charge >= 0.3 is 0 Å². The molecule has 0 bridgehead atoms. The molecule has 1 heterocycles. The van der Waals surface area contributed by atoms with Crippen LogP contribution in [0, 0.1) is 24.6 Å². The van der Waals surface area contributed by atoms with Gasteiger partial charge in [-0.2, -0.15) is 0 Å². The maximum absolute atomic E-state index is 13.5. The molecule has 1 aromatic heterocycles. The Balaban J connectivity index is 2.06. The number of hydrogen-bond acceptors (Lipinski definition) is 5. The Hall–Kier alpha value is -1.84. The topological polar surface area (TPSA) is 59.2 Å². The molecule has 0 fully saturated rings. The Morgan fingerprint density at radius 2 is 2.20 bits per heavy atom. The molecule has 0 atom stereocenters. The first kappa shape index (κ1) is 14.6. The number of halogens is 1. The second-order valence-corrected chi connectivity index (χ2v) is 4.93. The summed E-state index contributed by atoms with van der Waals surface area (Å²) in [5, 5.41) is 16.7. The van der Waals surface area contributed by atoms with E-state index in [0.717, 1.165) is 5.56 Å². The first-order chi connectivity index (χ1) is 9.67. The Bertz CT molecular complexity index is 646. The number of nitrogens with zero attached hydrogens (tertiary/aromatic N) is 2. The summed E-state index contributed by atoms with van der Waals surface area (Å²) < 4.78 is 18.7. The van der Waals surface area contributed by atoms with E-state index in [0.29, 0.717) is 28.9 Å². The van der Waals surface area contributed by atoms with Crippen LogP contribution in [-0.2, 0) is 5.75 Å². The smallest absolute Gasteiger partial charge is 0.276 e. The average molecular weight is 292 g/mol. The third-order valence-electron chi connectivity index (χ3n) is 2.30. The van der Waals surface area contributed by atoms with Gasteiger partial charge in [0.05, 0.1) is 6.61 Å². The molecular weight excluding hydrogens is 279 g/mol. The van der Waals surface area contributed by atoms with Crippen molar-refractivity contribution in [1.82, 2.24) is 10.2 Å². The third kappa shape index (κ3) is 4.37. The maximum atomic E-state index is 13.5. The van der Waals surface area contributed by atoms with Crippen molar-refractivity contribution in [2.75, 3.05) is 6.61 Å². The highest BCUT2D eigenvalue weighted by atomic mass is 32.2. The number of aliphatic hydroxyl groups excluding tert-OH is 1. The van der Waals surface area contributed by atoms with E-state index in [1.165, 1.54) is 23.9 Å². The van der Waals surface area contributed by atoms with Crippen LogP contribution in [0.4, 0.5) is 4.39 Å².